The predicted octanol–water partition coefficient (Wildman–Crippen LogP) is 4.57. The molecule has 3 heterocycles. The van der Waals surface area contributed by atoms with E-state index in [1.54, 1.807) is 41.5 Å². The van der Waals surface area contributed by atoms with Gasteiger partial charge in [0.25, 0.3) is 5.91 Å². The first kappa shape index (κ1) is 21.0. The van der Waals surface area contributed by atoms with Gasteiger partial charge in [-0.25, -0.2) is 4.98 Å². The molecule has 0 saturated heterocycles. The molecule has 5 rings (SSSR count). The number of hydrogen-bond acceptors (Lipinski definition) is 5. The van der Waals surface area contributed by atoms with Gasteiger partial charge in [0.1, 0.15) is 16.4 Å². The maximum Gasteiger partial charge on any atom is 0.250 e. The molecular formula is C26H22N4O2S. The van der Waals surface area contributed by atoms with Gasteiger partial charge in [0, 0.05) is 29.3 Å². The highest BCUT2D eigenvalue weighted by atomic mass is 32.1. The van der Waals surface area contributed by atoms with Crippen LogP contribution in [-0.4, -0.2) is 33.1 Å². The standard InChI is InChI=1S/C26H22N4O2S/c1-26(15-23(31)29-22-12-5-6-13-30(22)26)25(32)27-16-18-8-7-11-20(14-18)24-28-21(17-33-24)19-9-3-2-4-10-19/h2-14,17H,15-16H2,1H3,(H,27,32). The third-order valence-electron chi connectivity index (χ3n) is 5.79. The number of hydrogen-bond donors (Lipinski definition) is 1. The van der Waals surface area contributed by atoms with Gasteiger partial charge >= 0.3 is 0 Å². The van der Waals surface area contributed by atoms with Gasteiger partial charge in [0.2, 0.25) is 5.91 Å². The quantitative estimate of drug-likeness (QED) is 0.613. The van der Waals surface area contributed by atoms with Crippen LogP contribution in [0, 0.1) is 0 Å². The number of benzene rings is 2. The van der Waals surface area contributed by atoms with Crippen LogP contribution in [0.15, 0.2) is 89.4 Å². The van der Waals surface area contributed by atoms with Crippen molar-refractivity contribution in [3.63, 3.8) is 0 Å². The number of nitrogens with zero attached hydrogens (tertiary/aromatic N) is 3. The largest absolute Gasteiger partial charge is 0.350 e. The first-order valence-corrected chi connectivity index (χ1v) is 11.6. The summed E-state index contributed by atoms with van der Waals surface area (Å²) in [5.41, 5.74) is 2.98. The van der Waals surface area contributed by atoms with Crippen molar-refractivity contribution in [1.82, 2.24) is 15.2 Å². The maximum atomic E-state index is 13.2. The molecule has 2 aliphatic heterocycles. The molecule has 1 N–H and O–H groups in total. The average Bonchev–Trinajstić information content (AvgIpc) is 3.34. The van der Waals surface area contributed by atoms with Crippen LogP contribution in [0.5, 0.6) is 0 Å². The van der Waals surface area contributed by atoms with Gasteiger partial charge < -0.3 is 10.2 Å². The van der Waals surface area contributed by atoms with Crippen molar-refractivity contribution in [1.29, 1.82) is 0 Å². The van der Waals surface area contributed by atoms with Crippen LogP contribution in [0.2, 0.25) is 0 Å². The Morgan fingerprint density at radius 2 is 1.94 bits per heavy atom. The minimum atomic E-state index is -1.02. The van der Waals surface area contributed by atoms with Crippen LogP contribution in [0.4, 0.5) is 0 Å². The number of carbonyl (C=O) groups excluding carboxylic acids is 2. The molecular weight excluding hydrogens is 432 g/mol. The molecule has 0 radical (unpaired) electrons. The summed E-state index contributed by atoms with van der Waals surface area (Å²) in [5, 5.41) is 5.99. The van der Waals surface area contributed by atoms with Crippen LogP contribution >= 0.6 is 11.3 Å². The zero-order valence-corrected chi connectivity index (χ0v) is 18.9. The number of nitrogens with one attached hydrogen (secondary N) is 1. The van der Waals surface area contributed by atoms with E-state index in [4.69, 9.17) is 4.98 Å². The van der Waals surface area contributed by atoms with Crippen molar-refractivity contribution in [3.05, 3.63) is 90.0 Å². The van der Waals surface area contributed by atoms with E-state index in [0.29, 0.717) is 12.4 Å². The number of allylic oxidation sites excluding steroid dienone is 2. The van der Waals surface area contributed by atoms with Crippen molar-refractivity contribution >= 4 is 29.0 Å². The summed E-state index contributed by atoms with van der Waals surface area (Å²) >= 11 is 1.60. The van der Waals surface area contributed by atoms with Crippen LogP contribution in [-0.2, 0) is 16.1 Å². The maximum absolute atomic E-state index is 13.2. The van der Waals surface area contributed by atoms with Crippen molar-refractivity contribution in [2.75, 3.05) is 0 Å². The average molecular weight is 455 g/mol. The van der Waals surface area contributed by atoms with E-state index in [9.17, 15) is 9.59 Å². The Bertz CT molecular complexity index is 1310. The van der Waals surface area contributed by atoms with Crippen LogP contribution in [0.25, 0.3) is 21.8 Å². The molecule has 6 nitrogen and oxygen atoms in total. The Labute approximate surface area is 196 Å². The second-order valence-corrected chi connectivity index (χ2v) is 9.03. The SMILES string of the molecule is CC1(C(=O)NCc2cccc(-c3nc(-c4ccccc4)cs3)c2)CC(=O)N=C2C=CC=CN21. The van der Waals surface area contributed by atoms with Crippen LogP contribution in [0.3, 0.4) is 0 Å². The summed E-state index contributed by atoms with van der Waals surface area (Å²) in [6.07, 6.45) is 7.20. The summed E-state index contributed by atoms with van der Waals surface area (Å²) in [5.74, 6) is -0.0144. The highest BCUT2D eigenvalue weighted by Gasteiger charge is 2.44. The molecule has 3 aromatic rings. The lowest BCUT2D eigenvalue weighted by Crippen LogP contribution is -2.59. The first-order chi connectivity index (χ1) is 16.0. The zero-order chi connectivity index (χ0) is 22.8. The fourth-order valence-corrected chi connectivity index (χ4v) is 4.84. The number of thiazole rings is 1. The molecule has 164 valence electrons. The number of aromatic nitrogens is 1. The Kier molecular flexibility index (Phi) is 5.48. The van der Waals surface area contributed by atoms with E-state index in [1.807, 2.05) is 60.7 Å². The van der Waals surface area contributed by atoms with E-state index in [0.717, 1.165) is 27.4 Å². The smallest absolute Gasteiger partial charge is 0.250 e. The molecule has 7 heteroatoms. The fourth-order valence-electron chi connectivity index (χ4n) is 4.01. The molecule has 2 amide bonds. The van der Waals surface area contributed by atoms with Gasteiger partial charge in [0.15, 0.2) is 0 Å². The second kappa shape index (κ2) is 8.60. The second-order valence-electron chi connectivity index (χ2n) is 8.17. The Hall–Kier alpha value is -3.84. The van der Waals surface area contributed by atoms with Crippen molar-refractivity contribution in [2.24, 2.45) is 4.99 Å². The minimum Gasteiger partial charge on any atom is -0.350 e. The number of amides is 2. The molecule has 0 fully saturated rings. The highest BCUT2D eigenvalue weighted by Crippen LogP contribution is 2.30. The molecule has 0 aliphatic carbocycles. The third-order valence-corrected chi connectivity index (χ3v) is 6.69. The van der Waals surface area contributed by atoms with Crippen LogP contribution in [0.1, 0.15) is 18.9 Å². The molecule has 0 spiro atoms. The number of aliphatic imine (C=N–C) groups is 1. The summed E-state index contributed by atoms with van der Waals surface area (Å²) in [7, 11) is 0. The Morgan fingerprint density at radius 1 is 1.12 bits per heavy atom. The van der Waals surface area contributed by atoms with Gasteiger partial charge in [-0.05, 0) is 30.7 Å². The zero-order valence-electron chi connectivity index (χ0n) is 18.1. The van der Waals surface area contributed by atoms with E-state index in [-0.39, 0.29) is 18.2 Å². The molecule has 0 saturated carbocycles. The van der Waals surface area contributed by atoms with Crippen LogP contribution < -0.4 is 5.32 Å². The van der Waals surface area contributed by atoms with E-state index >= 15 is 0 Å². The van der Waals surface area contributed by atoms with Crippen molar-refractivity contribution in [2.45, 2.75) is 25.4 Å². The Morgan fingerprint density at radius 3 is 2.79 bits per heavy atom. The van der Waals surface area contributed by atoms with Crippen molar-refractivity contribution < 1.29 is 9.59 Å². The van der Waals surface area contributed by atoms with Gasteiger partial charge in [-0.2, -0.15) is 4.99 Å². The monoisotopic (exact) mass is 454 g/mol. The highest BCUT2D eigenvalue weighted by molar-refractivity contribution is 7.13. The fraction of sp³-hybridized carbons (Fsp3) is 0.154. The van der Waals surface area contributed by atoms with Crippen molar-refractivity contribution in [3.8, 4) is 21.8 Å². The molecule has 1 atom stereocenters. The minimum absolute atomic E-state index is 0.0297. The summed E-state index contributed by atoms with van der Waals surface area (Å²) in [6, 6.07) is 18.1. The van der Waals surface area contributed by atoms with Gasteiger partial charge in [-0.3, -0.25) is 9.59 Å². The first-order valence-electron chi connectivity index (χ1n) is 10.7. The third kappa shape index (κ3) is 4.15. The lowest BCUT2D eigenvalue weighted by molar-refractivity contribution is -0.134. The van der Waals surface area contributed by atoms with Gasteiger partial charge in [-0.15, -0.1) is 11.3 Å². The number of rotatable bonds is 5. The molecule has 2 aromatic carbocycles. The molecule has 1 unspecified atom stereocenters. The Balaban J connectivity index is 1.31. The predicted molar refractivity (Wildman–Crippen MR) is 130 cm³/mol. The molecule has 2 aliphatic rings. The summed E-state index contributed by atoms with van der Waals surface area (Å²) < 4.78 is 0. The van der Waals surface area contributed by atoms with Gasteiger partial charge in [-0.1, -0.05) is 54.6 Å². The number of amidine groups is 1. The van der Waals surface area contributed by atoms with E-state index in [1.165, 1.54) is 0 Å². The van der Waals surface area contributed by atoms with E-state index in [2.05, 4.69) is 15.7 Å². The summed E-state index contributed by atoms with van der Waals surface area (Å²) in [6.45, 7) is 2.13. The number of fused-ring (bicyclic) bond motifs is 1. The molecule has 33 heavy (non-hydrogen) atoms. The van der Waals surface area contributed by atoms with E-state index < -0.39 is 5.54 Å². The topological polar surface area (TPSA) is 74.7 Å². The normalized spacial score (nSPS) is 19.2. The lowest BCUT2D eigenvalue weighted by atomic mass is 9.91. The number of carbonyl (C=O) groups is 2. The lowest BCUT2D eigenvalue weighted by Gasteiger charge is -2.41. The molecule has 0 bridgehead atoms. The molecule has 1 aromatic heterocycles. The summed E-state index contributed by atoms with van der Waals surface area (Å²) in [4.78, 5) is 35.9. The van der Waals surface area contributed by atoms with Gasteiger partial charge in [0.05, 0.1) is 12.1 Å².